The van der Waals surface area contributed by atoms with Crippen LogP contribution in [0.25, 0.3) is 5.76 Å². The number of aliphatic hydroxyl groups is 1. The van der Waals surface area contributed by atoms with Crippen LogP contribution in [0.3, 0.4) is 0 Å². The molecular weight excluding hydrogens is 390 g/mol. The Hall–Kier alpha value is -3.06. The number of hydrogen-bond donors (Lipinski definition) is 1. The number of halogens is 2. The molecule has 0 aliphatic carbocycles. The Bertz CT molecular complexity index is 969. The van der Waals surface area contributed by atoms with E-state index in [9.17, 15) is 23.5 Å². The second-order valence-electron chi connectivity index (χ2n) is 7.05. The Morgan fingerprint density at radius 1 is 1.03 bits per heavy atom. The molecule has 1 saturated heterocycles. The lowest BCUT2D eigenvalue weighted by Crippen LogP contribution is -2.38. The van der Waals surface area contributed by atoms with Crippen LogP contribution < -0.4 is 0 Å². The summed E-state index contributed by atoms with van der Waals surface area (Å²) in [5.41, 5.74) is 0.107. The highest BCUT2D eigenvalue weighted by atomic mass is 19.1. The van der Waals surface area contributed by atoms with Crippen molar-refractivity contribution in [1.82, 2.24) is 9.80 Å². The van der Waals surface area contributed by atoms with Crippen molar-refractivity contribution in [3.63, 3.8) is 0 Å². The molecule has 3 rings (SSSR count). The van der Waals surface area contributed by atoms with Crippen LogP contribution in [0.4, 0.5) is 8.78 Å². The molecule has 0 spiro atoms. The number of likely N-dealkylation sites (tertiary alicyclic amines) is 1. The Balaban J connectivity index is 2.11. The summed E-state index contributed by atoms with van der Waals surface area (Å²) in [6.07, 6.45) is 0. The van der Waals surface area contributed by atoms with Gasteiger partial charge in [0.25, 0.3) is 11.7 Å². The average Bonchev–Trinajstić information content (AvgIpc) is 2.99. The first-order chi connectivity index (χ1) is 14.4. The Kier molecular flexibility index (Phi) is 6.62. The molecule has 2 aromatic rings. The van der Waals surface area contributed by atoms with Crippen LogP contribution in [0.1, 0.15) is 31.0 Å². The highest BCUT2D eigenvalue weighted by Gasteiger charge is 2.46. The van der Waals surface area contributed by atoms with Gasteiger partial charge in [-0.1, -0.05) is 32.0 Å². The van der Waals surface area contributed by atoms with Gasteiger partial charge in [-0.2, -0.15) is 0 Å². The summed E-state index contributed by atoms with van der Waals surface area (Å²) < 4.78 is 28.0. The quantitative estimate of drug-likeness (QED) is 0.426. The van der Waals surface area contributed by atoms with Gasteiger partial charge < -0.3 is 14.9 Å². The van der Waals surface area contributed by atoms with E-state index in [2.05, 4.69) is 4.90 Å². The number of benzene rings is 2. The zero-order chi connectivity index (χ0) is 21.8. The first-order valence-electron chi connectivity index (χ1n) is 9.90. The smallest absolute Gasteiger partial charge is 0.295 e. The predicted molar refractivity (Wildman–Crippen MR) is 110 cm³/mol. The highest BCUT2D eigenvalue weighted by molar-refractivity contribution is 6.46. The Morgan fingerprint density at radius 3 is 2.27 bits per heavy atom. The summed E-state index contributed by atoms with van der Waals surface area (Å²) in [5.74, 6) is -3.21. The number of likely N-dealkylation sites (N-methyl/N-ethyl adjacent to an activating group) is 1. The topological polar surface area (TPSA) is 60.9 Å². The zero-order valence-corrected chi connectivity index (χ0v) is 16.9. The normalized spacial score (nSPS) is 18.4. The maximum absolute atomic E-state index is 14.7. The number of ketones is 1. The lowest BCUT2D eigenvalue weighted by molar-refractivity contribution is -0.140. The molecule has 0 radical (unpaired) electrons. The number of Topliss-reactive ketones (excluding diaryl/α,β-unsaturated/α-hetero) is 1. The summed E-state index contributed by atoms with van der Waals surface area (Å²) in [4.78, 5) is 29.1. The lowest BCUT2D eigenvalue weighted by atomic mass is 9.95. The fourth-order valence-corrected chi connectivity index (χ4v) is 3.68. The fraction of sp³-hybridized carbons (Fsp3) is 0.304. The van der Waals surface area contributed by atoms with E-state index in [4.69, 9.17) is 0 Å². The van der Waals surface area contributed by atoms with Gasteiger partial charge in [-0.05, 0) is 43.4 Å². The fourth-order valence-electron chi connectivity index (χ4n) is 3.68. The number of rotatable bonds is 7. The van der Waals surface area contributed by atoms with E-state index in [1.807, 2.05) is 13.8 Å². The number of carbonyl (C=O) groups is 2. The van der Waals surface area contributed by atoms with Crippen LogP contribution in [0.15, 0.2) is 54.1 Å². The molecular formula is C23H24F2N2O3. The van der Waals surface area contributed by atoms with E-state index in [1.165, 1.54) is 35.2 Å². The minimum atomic E-state index is -1.06. The SMILES string of the molecule is CCN(CC)CCN1C(=O)C(=O)/C(=C(/O)c2ccc(F)cc2)[C@H]1c1ccccc1F. The molecule has 1 N–H and O–H groups in total. The van der Waals surface area contributed by atoms with Crippen molar-refractivity contribution in [3.8, 4) is 0 Å². The summed E-state index contributed by atoms with van der Waals surface area (Å²) in [6.45, 7) is 6.20. The third-order valence-electron chi connectivity index (χ3n) is 5.41. The molecule has 5 nitrogen and oxygen atoms in total. The van der Waals surface area contributed by atoms with Crippen molar-refractivity contribution in [1.29, 1.82) is 0 Å². The lowest BCUT2D eigenvalue weighted by Gasteiger charge is -2.28. The van der Waals surface area contributed by atoms with Crippen molar-refractivity contribution in [2.75, 3.05) is 26.2 Å². The largest absolute Gasteiger partial charge is 0.507 e. The van der Waals surface area contributed by atoms with E-state index in [1.54, 1.807) is 6.07 Å². The number of carbonyl (C=O) groups excluding carboxylic acids is 2. The second-order valence-corrected chi connectivity index (χ2v) is 7.05. The molecule has 1 aliphatic rings. The van der Waals surface area contributed by atoms with Crippen molar-refractivity contribution < 1.29 is 23.5 Å². The van der Waals surface area contributed by atoms with Crippen molar-refractivity contribution in [2.45, 2.75) is 19.9 Å². The summed E-state index contributed by atoms with van der Waals surface area (Å²) in [5, 5.41) is 10.8. The second kappa shape index (κ2) is 9.17. The van der Waals surface area contributed by atoms with Crippen molar-refractivity contribution >= 4 is 17.4 Å². The molecule has 158 valence electrons. The van der Waals surface area contributed by atoms with E-state index < -0.39 is 35.1 Å². The molecule has 2 aromatic carbocycles. The molecule has 30 heavy (non-hydrogen) atoms. The van der Waals surface area contributed by atoms with Gasteiger partial charge in [-0.15, -0.1) is 0 Å². The average molecular weight is 414 g/mol. The van der Waals surface area contributed by atoms with Crippen LogP contribution in [0.5, 0.6) is 0 Å². The Morgan fingerprint density at radius 2 is 1.67 bits per heavy atom. The van der Waals surface area contributed by atoms with Gasteiger partial charge in [0.15, 0.2) is 0 Å². The molecule has 1 fully saturated rings. The maximum atomic E-state index is 14.7. The molecule has 1 aliphatic heterocycles. The molecule has 7 heteroatoms. The minimum absolute atomic E-state index is 0.125. The third kappa shape index (κ3) is 4.11. The maximum Gasteiger partial charge on any atom is 0.295 e. The molecule has 0 aromatic heterocycles. The number of hydrogen-bond acceptors (Lipinski definition) is 4. The van der Waals surface area contributed by atoms with Crippen LogP contribution in [0, 0.1) is 11.6 Å². The van der Waals surface area contributed by atoms with E-state index in [-0.39, 0.29) is 23.2 Å². The van der Waals surface area contributed by atoms with E-state index >= 15 is 0 Å². The first kappa shape index (κ1) is 21.6. The summed E-state index contributed by atoms with van der Waals surface area (Å²) in [7, 11) is 0. The van der Waals surface area contributed by atoms with Gasteiger partial charge in [-0.3, -0.25) is 9.59 Å². The molecule has 1 atom stereocenters. The third-order valence-corrected chi connectivity index (χ3v) is 5.41. The zero-order valence-electron chi connectivity index (χ0n) is 16.9. The predicted octanol–water partition coefficient (Wildman–Crippen LogP) is 3.73. The molecule has 1 heterocycles. The number of amides is 1. The van der Waals surface area contributed by atoms with Crippen LogP contribution >= 0.6 is 0 Å². The monoisotopic (exact) mass is 414 g/mol. The van der Waals surface area contributed by atoms with Crippen LogP contribution in [-0.4, -0.2) is 52.8 Å². The molecule has 0 bridgehead atoms. The highest BCUT2D eigenvalue weighted by Crippen LogP contribution is 2.40. The summed E-state index contributed by atoms with van der Waals surface area (Å²) in [6, 6.07) is 9.71. The van der Waals surface area contributed by atoms with Crippen LogP contribution in [-0.2, 0) is 9.59 Å². The van der Waals surface area contributed by atoms with Crippen molar-refractivity contribution in [3.05, 3.63) is 76.9 Å². The molecule has 0 unspecified atom stereocenters. The minimum Gasteiger partial charge on any atom is -0.507 e. The molecule has 1 amide bonds. The van der Waals surface area contributed by atoms with Gasteiger partial charge in [0.1, 0.15) is 17.4 Å². The van der Waals surface area contributed by atoms with E-state index in [0.29, 0.717) is 6.54 Å². The Labute approximate surface area is 174 Å². The van der Waals surface area contributed by atoms with Crippen LogP contribution in [0.2, 0.25) is 0 Å². The van der Waals surface area contributed by atoms with Crippen molar-refractivity contribution in [2.24, 2.45) is 0 Å². The van der Waals surface area contributed by atoms with Gasteiger partial charge >= 0.3 is 0 Å². The van der Waals surface area contributed by atoms with Gasteiger partial charge in [0.05, 0.1) is 11.6 Å². The number of nitrogens with zero attached hydrogens (tertiary/aromatic N) is 2. The standard InChI is InChI=1S/C23H24F2N2O3/c1-3-26(4-2)13-14-27-20(17-7-5-6-8-18(17)25)19(22(29)23(27)30)21(28)15-9-11-16(24)12-10-15/h5-12,20,28H,3-4,13-14H2,1-2H3/b21-19+/t20-/m1/s1. The number of aliphatic hydroxyl groups excluding tert-OH is 1. The molecule has 0 saturated carbocycles. The van der Waals surface area contributed by atoms with Gasteiger partial charge in [0, 0.05) is 24.2 Å². The van der Waals surface area contributed by atoms with Gasteiger partial charge in [0.2, 0.25) is 0 Å². The first-order valence-corrected chi connectivity index (χ1v) is 9.90. The van der Waals surface area contributed by atoms with E-state index in [0.717, 1.165) is 25.2 Å². The van der Waals surface area contributed by atoms with Gasteiger partial charge in [-0.25, -0.2) is 8.78 Å². The summed E-state index contributed by atoms with van der Waals surface area (Å²) >= 11 is 0.